The first-order chi connectivity index (χ1) is 7.97. The largest absolute Gasteiger partial charge is 0.392 e. The van der Waals surface area contributed by atoms with Crippen molar-refractivity contribution in [3.05, 3.63) is 30.1 Å². The Hall–Kier alpha value is -1.49. The van der Waals surface area contributed by atoms with Crippen molar-refractivity contribution in [2.75, 3.05) is 11.9 Å². The number of hydrogen-bond donors (Lipinski definition) is 1. The summed E-state index contributed by atoms with van der Waals surface area (Å²) in [5.41, 5.74) is 5.57. The lowest BCUT2D eigenvalue weighted by atomic mass is 10.1. The van der Waals surface area contributed by atoms with Crippen molar-refractivity contribution in [3.8, 4) is 0 Å². The summed E-state index contributed by atoms with van der Waals surface area (Å²) in [5, 5.41) is 0. The molecule has 0 unspecified atom stereocenters. The molecule has 1 amide bonds. The van der Waals surface area contributed by atoms with Crippen LogP contribution in [0.3, 0.4) is 0 Å². The van der Waals surface area contributed by atoms with Gasteiger partial charge in [0, 0.05) is 12.7 Å². The van der Waals surface area contributed by atoms with Crippen molar-refractivity contribution in [3.63, 3.8) is 0 Å². The number of anilines is 1. The Bertz CT molecular complexity index is 468. The minimum Gasteiger partial charge on any atom is -0.392 e. The summed E-state index contributed by atoms with van der Waals surface area (Å²) < 4.78 is 12.8. The van der Waals surface area contributed by atoms with E-state index < -0.39 is 5.41 Å². The highest BCUT2D eigenvalue weighted by molar-refractivity contribution is 7.80. The molecule has 1 aromatic rings. The number of carbonyl (C=O) groups is 1. The van der Waals surface area contributed by atoms with Crippen LogP contribution in [0.1, 0.15) is 12.8 Å². The van der Waals surface area contributed by atoms with Crippen LogP contribution < -0.4 is 10.6 Å². The predicted molar refractivity (Wildman–Crippen MR) is 68.3 cm³/mol. The van der Waals surface area contributed by atoms with Crippen LogP contribution in [0.15, 0.2) is 24.3 Å². The zero-order chi connectivity index (χ0) is 12.6. The van der Waals surface area contributed by atoms with E-state index in [9.17, 15) is 9.18 Å². The van der Waals surface area contributed by atoms with Gasteiger partial charge in [0.2, 0.25) is 5.91 Å². The molecule has 2 rings (SSSR count). The predicted octanol–water partition coefficient (Wildman–Crippen LogP) is 1.85. The molecule has 2 N–H and O–H groups in total. The van der Waals surface area contributed by atoms with Gasteiger partial charge in [-0.25, -0.2) is 4.39 Å². The number of benzene rings is 1. The summed E-state index contributed by atoms with van der Waals surface area (Å²) in [6.07, 6.45) is 1.40. The van der Waals surface area contributed by atoms with E-state index in [1.165, 1.54) is 17.0 Å². The molecule has 1 aliphatic carbocycles. The van der Waals surface area contributed by atoms with Crippen LogP contribution in [0.25, 0.3) is 0 Å². The average Bonchev–Trinajstić information content (AvgIpc) is 3.09. The first-order valence-electron chi connectivity index (χ1n) is 5.31. The molecular weight excluding hydrogens is 239 g/mol. The Balaban J connectivity index is 2.21. The fourth-order valence-corrected chi connectivity index (χ4v) is 2.09. The molecule has 1 aromatic carbocycles. The molecule has 0 bridgehead atoms. The van der Waals surface area contributed by atoms with Crippen LogP contribution in [0, 0.1) is 11.2 Å². The maximum absolute atomic E-state index is 12.8. The Morgan fingerprint density at radius 2 is 1.94 bits per heavy atom. The molecule has 0 saturated heterocycles. The van der Waals surface area contributed by atoms with Gasteiger partial charge in [-0.1, -0.05) is 12.2 Å². The van der Waals surface area contributed by atoms with E-state index in [4.69, 9.17) is 18.0 Å². The summed E-state index contributed by atoms with van der Waals surface area (Å²) in [5.74, 6) is -0.443. The van der Waals surface area contributed by atoms with E-state index in [0.29, 0.717) is 18.5 Å². The lowest BCUT2D eigenvalue weighted by Crippen LogP contribution is -2.40. The molecule has 0 heterocycles. The van der Waals surface area contributed by atoms with Gasteiger partial charge in [-0.15, -0.1) is 0 Å². The molecule has 0 aliphatic heterocycles. The highest BCUT2D eigenvalue weighted by atomic mass is 32.1. The van der Waals surface area contributed by atoms with Gasteiger partial charge in [0.05, 0.1) is 10.4 Å². The number of rotatable bonds is 3. The van der Waals surface area contributed by atoms with Crippen LogP contribution in [-0.2, 0) is 4.79 Å². The standard InChI is InChI=1S/C12H13FN2OS/c1-15(9-4-2-8(13)3-5-9)11(16)12(6-7-12)10(14)17/h2-5H,6-7H2,1H3,(H2,14,17). The second-order valence-corrected chi connectivity index (χ2v) is 4.73. The maximum Gasteiger partial charge on any atom is 0.239 e. The van der Waals surface area contributed by atoms with E-state index in [1.54, 1.807) is 19.2 Å². The van der Waals surface area contributed by atoms with Gasteiger partial charge in [0.25, 0.3) is 0 Å². The summed E-state index contributed by atoms with van der Waals surface area (Å²) in [6.45, 7) is 0. The third-order valence-corrected chi connectivity index (χ3v) is 3.54. The first kappa shape index (κ1) is 12.0. The molecule has 0 spiro atoms. The lowest BCUT2D eigenvalue weighted by Gasteiger charge is -2.22. The molecule has 0 radical (unpaired) electrons. The number of hydrogen-bond acceptors (Lipinski definition) is 2. The molecule has 0 aromatic heterocycles. The number of halogens is 1. The molecule has 1 saturated carbocycles. The van der Waals surface area contributed by atoms with Gasteiger partial charge in [0.15, 0.2) is 0 Å². The lowest BCUT2D eigenvalue weighted by molar-refractivity contribution is -0.121. The number of nitrogens with zero attached hydrogens (tertiary/aromatic N) is 1. The second-order valence-electron chi connectivity index (χ2n) is 4.29. The van der Waals surface area contributed by atoms with Crippen molar-refractivity contribution in [1.29, 1.82) is 0 Å². The fourth-order valence-electron chi connectivity index (χ4n) is 1.79. The zero-order valence-corrected chi connectivity index (χ0v) is 10.3. The van der Waals surface area contributed by atoms with Crippen molar-refractivity contribution >= 4 is 28.8 Å². The Morgan fingerprint density at radius 1 is 1.41 bits per heavy atom. The molecule has 1 fully saturated rings. The van der Waals surface area contributed by atoms with Gasteiger partial charge in [-0.2, -0.15) is 0 Å². The Labute approximate surface area is 104 Å². The van der Waals surface area contributed by atoms with Gasteiger partial charge in [-0.3, -0.25) is 4.79 Å². The average molecular weight is 252 g/mol. The molecule has 1 aliphatic rings. The minimum atomic E-state index is -0.668. The Morgan fingerprint density at radius 3 is 2.35 bits per heavy atom. The van der Waals surface area contributed by atoms with Crippen LogP contribution in [0.5, 0.6) is 0 Å². The Kier molecular flexibility index (Phi) is 2.87. The van der Waals surface area contributed by atoms with E-state index in [-0.39, 0.29) is 16.7 Å². The summed E-state index contributed by atoms with van der Waals surface area (Å²) in [4.78, 5) is 13.9. The van der Waals surface area contributed by atoms with Crippen molar-refractivity contribution in [1.82, 2.24) is 0 Å². The SMILES string of the molecule is CN(C(=O)C1(C(N)=S)CC1)c1ccc(F)cc1. The number of thiocarbonyl (C=S) groups is 1. The van der Waals surface area contributed by atoms with Crippen LogP contribution in [-0.4, -0.2) is 17.9 Å². The third kappa shape index (κ3) is 2.02. The van der Waals surface area contributed by atoms with E-state index >= 15 is 0 Å². The van der Waals surface area contributed by atoms with Crippen LogP contribution in [0.4, 0.5) is 10.1 Å². The maximum atomic E-state index is 12.8. The van der Waals surface area contributed by atoms with Gasteiger partial charge in [-0.05, 0) is 37.1 Å². The quantitative estimate of drug-likeness (QED) is 0.835. The summed E-state index contributed by atoms with van der Waals surface area (Å²) in [6, 6.07) is 5.75. The fraction of sp³-hybridized carbons (Fsp3) is 0.333. The summed E-state index contributed by atoms with van der Waals surface area (Å²) in [7, 11) is 1.65. The second kappa shape index (κ2) is 4.07. The normalized spacial score (nSPS) is 16.4. The van der Waals surface area contributed by atoms with Crippen LogP contribution in [0.2, 0.25) is 0 Å². The number of carbonyl (C=O) groups excluding carboxylic acids is 1. The minimum absolute atomic E-state index is 0.114. The highest BCUT2D eigenvalue weighted by Crippen LogP contribution is 2.47. The van der Waals surface area contributed by atoms with Crippen LogP contribution >= 0.6 is 12.2 Å². The van der Waals surface area contributed by atoms with E-state index in [1.807, 2.05) is 0 Å². The summed E-state index contributed by atoms with van der Waals surface area (Å²) >= 11 is 4.93. The molecule has 17 heavy (non-hydrogen) atoms. The van der Waals surface area contributed by atoms with Crippen molar-refractivity contribution in [2.24, 2.45) is 11.1 Å². The zero-order valence-electron chi connectivity index (χ0n) is 9.44. The van der Waals surface area contributed by atoms with Gasteiger partial charge < -0.3 is 10.6 Å². The topological polar surface area (TPSA) is 46.3 Å². The molecule has 0 atom stereocenters. The molecular formula is C12H13FN2OS. The monoisotopic (exact) mass is 252 g/mol. The molecule has 90 valence electrons. The van der Waals surface area contributed by atoms with E-state index in [2.05, 4.69) is 0 Å². The first-order valence-corrected chi connectivity index (χ1v) is 5.72. The third-order valence-electron chi connectivity index (χ3n) is 3.15. The highest BCUT2D eigenvalue weighted by Gasteiger charge is 2.54. The van der Waals surface area contributed by atoms with Crippen molar-refractivity contribution < 1.29 is 9.18 Å². The van der Waals surface area contributed by atoms with Gasteiger partial charge in [0.1, 0.15) is 5.82 Å². The van der Waals surface area contributed by atoms with Crippen molar-refractivity contribution in [2.45, 2.75) is 12.8 Å². The smallest absolute Gasteiger partial charge is 0.239 e. The van der Waals surface area contributed by atoms with E-state index in [0.717, 1.165) is 0 Å². The number of amides is 1. The number of nitrogens with two attached hydrogens (primary N) is 1. The molecule has 3 nitrogen and oxygen atoms in total. The van der Waals surface area contributed by atoms with Gasteiger partial charge >= 0.3 is 0 Å². The molecule has 5 heteroatoms.